The summed E-state index contributed by atoms with van der Waals surface area (Å²) in [6.07, 6.45) is -0.00181. The second-order valence-corrected chi connectivity index (χ2v) is 6.75. The molecule has 2 heterocycles. The van der Waals surface area contributed by atoms with Gasteiger partial charge in [-0.25, -0.2) is 4.79 Å². The van der Waals surface area contributed by atoms with Crippen LogP contribution in [0.2, 0.25) is 5.82 Å². The van der Waals surface area contributed by atoms with E-state index in [1.165, 1.54) is 4.90 Å². The van der Waals surface area contributed by atoms with E-state index in [-0.39, 0.29) is 13.0 Å². The number of ether oxygens (including phenoxy) is 2. The van der Waals surface area contributed by atoms with Gasteiger partial charge in [-0.2, -0.15) is 0 Å². The lowest BCUT2D eigenvalue weighted by atomic mass is 9.67. The monoisotopic (exact) mass is 294 g/mol. The van der Waals surface area contributed by atoms with Gasteiger partial charge in [0.2, 0.25) is 0 Å². The molecule has 2 fully saturated rings. The van der Waals surface area contributed by atoms with E-state index in [0.29, 0.717) is 19.5 Å². The molecule has 0 aromatic heterocycles. The summed E-state index contributed by atoms with van der Waals surface area (Å²) >= 11 is 0. The predicted molar refractivity (Wildman–Crippen MR) is 68.6 cm³/mol. The number of rotatable bonds is 1. The van der Waals surface area contributed by atoms with Crippen LogP contribution in [0.4, 0.5) is 17.7 Å². The van der Waals surface area contributed by atoms with Crippen molar-refractivity contribution in [2.45, 2.75) is 50.6 Å². The number of carbonyl (C=O) groups excluding carboxylic acids is 1. The molecule has 1 atom stereocenters. The van der Waals surface area contributed by atoms with E-state index in [9.17, 15) is 17.7 Å². The van der Waals surface area contributed by atoms with Crippen LogP contribution in [0.15, 0.2) is 0 Å². The Morgan fingerprint density at radius 2 is 1.95 bits per heavy atom. The highest BCUT2D eigenvalue weighted by atomic mass is 19.4. The molecule has 2 saturated heterocycles. The molecule has 0 radical (unpaired) electrons. The van der Waals surface area contributed by atoms with Crippen molar-refractivity contribution in [1.82, 2.24) is 4.90 Å². The van der Waals surface area contributed by atoms with Crippen molar-refractivity contribution < 1.29 is 27.2 Å². The lowest BCUT2D eigenvalue weighted by Gasteiger charge is -2.53. The maximum absolute atomic E-state index is 12.6. The third-order valence-electron chi connectivity index (χ3n) is 3.72. The molecule has 0 bridgehead atoms. The summed E-state index contributed by atoms with van der Waals surface area (Å²) in [5.41, 5.74) is -1.16. The summed E-state index contributed by atoms with van der Waals surface area (Å²) in [6.45, 7) is 0.833. The Labute approximate surface area is 116 Å². The molecule has 1 amide bonds. The Morgan fingerprint density at radius 1 is 1.35 bits per heavy atom. The smallest absolute Gasteiger partial charge is 0.449 e. The van der Waals surface area contributed by atoms with Gasteiger partial charge in [-0.3, -0.25) is 0 Å². The number of likely N-dealkylation sites (tertiary alicyclic amines) is 1. The van der Waals surface area contributed by atoms with Crippen molar-refractivity contribution in [3.63, 3.8) is 0 Å². The summed E-state index contributed by atoms with van der Waals surface area (Å²) in [7, 11) is 0. The van der Waals surface area contributed by atoms with Gasteiger partial charge >= 0.3 is 13.1 Å². The number of carbonyl (C=O) groups is 1. The molecule has 0 saturated carbocycles. The number of hydrogen-bond acceptors (Lipinski definition) is 3. The van der Waals surface area contributed by atoms with Crippen molar-refractivity contribution in [2.24, 2.45) is 0 Å². The molecule has 2 aliphatic heterocycles. The molecule has 1 spiro atoms. The van der Waals surface area contributed by atoms with Crippen LogP contribution in [0.3, 0.4) is 0 Å². The van der Waals surface area contributed by atoms with Gasteiger partial charge in [0.15, 0.2) is 0 Å². The molecule has 8 heteroatoms. The van der Waals surface area contributed by atoms with E-state index in [0.717, 1.165) is 0 Å². The number of hydrogen-bond donors (Lipinski definition) is 0. The Morgan fingerprint density at radius 3 is 2.35 bits per heavy atom. The molecule has 0 aliphatic carbocycles. The minimum atomic E-state index is -4.83. The number of halogens is 3. The van der Waals surface area contributed by atoms with Gasteiger partial charge < -0.3 is 27.3 Å². The standard InChI is InChI=1S/C12H20BF3NO3/c1-11(2,3)20-10(18)17-7-12(8-17)5-4-9(6-19-12)13(14,15)16/h9H,4-8H2,1-3H3/q-1. The predicted octanol–water partition coefficient (Wildman–Crippen LogP) is 3.00. The van der Waals surface area contributed by atoms with E-state index in [1.54, 1.807) is 20.8 Å². The Hall–Kier alpha value is -0.915. The number of amides is 1. The van der Waals surface area contributed by atoms with Gasteiger partial charge in [-0.05, 0) is 33.0 Å². The van der Waals surface area contributed by atoms with Crippen LogP contribution in [0.1, 0.15) is 33.6 Å². The zero-order chi connectivity index (χ0) is 15.2. The summed E-state index contributed by atoms with van der Waals surface area (Å²) in [6, 6.07) is 0. The zero-order valence-corrected chi connectivity index (χ0v) is 12.0. The summed E-state index contributed by atoms with van der Waals surface area (Å²) in [4.78, 5) is 13.2. The van der Waals surface area contributed by atoms with Gasteiger partial charge in [-0.15, -0.1) is 0 Å². The van der Waals surface area contributed by atoms with Crippen molar-refractivity contribution in [2.75, 3.05) is 19.7 Å². The first-order valence-electron chi connectivity index (χ1n) is 6.83. The zero-order valence-electron chi connectivity index (χ0n) is 12.0. The molecule has 0 aromatic rings. The summed E-state index contributed by atoms with van der Waals surface area (Å²) in [5, 5.41) is 0. The molecular weight excluding hydrogens is 274 g/mol. The van der Waals surface area contributed by atoms with Crippen molar-refractivity contribution in [3.05, 3.63) is 0 Å². The summed E-state index contributed by atoms with van der Waals surface area (Å²) < 4.78 is 48.4. The van der Waals surface area contributed by atoms with Crippen LogP contribution >= 0.6 is 0 Å². The van der Waals surface area contributed by atoms with E-state index < -0.39 is 30.1 Å². The van der Waals surface area contributed by atoms with Crippen LogP contribution in [-0.4, -0.2) is 48.9 Å². The quantitative estimate of drug-likeness (QED) is 0.698. The lowest BCUT2D eigenvalue weighted by Crippen LogP contribution is -2.66. The fourth-order valence-corrected chi connectivity index (χ4v) is 2.54. The highest BCUT2D eigenvalue weighted by Gasteiger charge is 2.51. The SMILES string of the molecule is CC(C)(C)OC(=O)N1CC2(CCC([B-](F)(F)F)CO2)C1. The fourth-order valence-electron chi connectivity index (χ4n) is 2.54. The average molecular weight is 294 g/mol. The second-order valence-electron chi connectivity index (χ2n) is 6.75. The van der Waals surface area contributed by atoms with Crippen LogP contribution in [0.5, 0.6) is 0 Å². The van der Waals surface area contributed by atoms with Crippen molar-refractivity contribution >= 4 is 13.1 Å². The van der Waals surface area contributed by atoms with E-state index in [4.69, 9.17) is 9.47 Å². The van der Waals surface area contributed by atoms with Gasteiger partial charge in [0.25, 0.3) is 0 Å². The maximum Gasteiger partial charge on any atom is 0.483 e. The second kappa shape index (κ2) is 4.82. The lowest BCUT2D eigenvalue weighted by molar-refractivity contribution is -0.162. The van der Waals surface area contributed by atoms with Crippen molar-refractivity contribution in [1.29, 1.82) is 0 Å². The first-order valence-corrected chi connectivity index (χ1v) is 6.83. The van der Waals surface area contributed by atoms with E-state index in [1.807, 2.05) is 0 Å². The molecule has 1 unspecified atom stereocenters. The third kappa shape index (κ3) is 3.39. The van der Waals surface area contributed by atoms with Gasteiger partial charge in [0.05, 0.1) is 13.1 Å². The first kappa shape index (κ1) is 15.5. The molecule has 2 rings (SSSR count). The third-order valence-corrected chi connectivity index (χ3v) is 3.72. The van der Waals surface area contributed by atoms with Crippen LogP contribution in [0, 0.1) is 0 Å². The highest BCUT2D eigenvalue weighted by Crippen LogP contribution is 2.42. The molecule has 0 aromatic carbocycles. The summed E-state index contributed by atoms with van der Waals surface area (Å²) in [5.74, 6) is -1.32. The van der Waals surface area contributed by atoms with E-state index in [2.05, 4.69) is 0 Å². The van der Waals surface area contributed by atoms with Crippen LogP contribution in [0.25, 0.3) is 0 Å². The van der Waals surface area contributed by atoms with Gasteiger partial charge in [0, 0.05) is 6.61 Å². The largest absolute Gasteiger partial charge is 0.483 e. The van der Waals surface area contributed by atoms with Gasteiger partial charge in [0.1, 0.15) is 11.2 Å². The van der Waals surface area contributed by atoms with Crippen LogP contribution < -0.4 is 0 Å². The minimum Gasteiger partial charge on any atom is -0.449 e. The molecule has 2 aliphatic rings. The molecule has 4 nitrogen and oxygen atoms in total. The van der Waals surface area contributed by atoms with Gasteiger partial charge in [-0.1, -0.05) is 6.42 Å². The normalized spacial score (nSPS) is 26.3. The van der Waals surface area contributed by atoms with Crippen molar-refractivity contribution in [3.8, 4) is 0 Å². The average Bonchev–Trinajstić information content (AvgIpc) is 2.22. The molecule has 20 heavy (non-hydrogen) atoms. The van der Waals surface area contributed by atoms with Crippen LogP contribution in [-0.2, 0) is 9.47 Å². The highest BCUT2D eigenvalue weighted by molar-refractivity contribution is 6.60. The molecule has 116 valence electrons. The first-order chi connectivity index (χ1) is 9.01. The van der Waals surface area contributed by atoms with E-state index >= 15 is 0 Å². The molecule has 0 N–H and O–H groups in total. The Kier molecular flexibility index (Phi) is 3.73. The minimum absolute atomic E-state index is 0.0889. The topological polar surface area (TPSA) is 38.8 Å². The maximum atomic E-state index is 12.6. The Balaban J connectivity index is 1.81. The fraction of sp³-hybridized carbons (Fsp3) is 0.917. The number of nitrogens with zero attached hydrogens (tertiary/aromatic N) is 1. The Bertz CT molecular complexity index is 378. The molecular formula is C12H20BF3NO3-.